The topological polar surface area (TPSA) is 290 Å². The summed E-state index contributed by atoms with van der Waals surface area (Å²) < 4.78 is 28.5. The van der Waals surface area contributed by atoms with Gasteiger partial charge in [0.15, 0.2) is 17.6 Å². The van der Waals surface area contributed by atoms with Crippen molar-refractivity contribution in [1.82, 2.24) is 4.90 Å². The molecule has 0 amide bonds. The number of nitrogens with zero attached hydrogens (tertiary/aromatic N) is 1. The number of aliphatic hydroxyl groups is 6. The summed E-state index contributed by atoms with van der Waals surface area (Å²) in [5.74, 6) is -3.93. The van der Waals surface area contributed by atoms with Crippen molar-refractivity contribution in [3.8, 4) is 34.3 Å². The summed E-state index contributed by atoms with van der Waals surface area (Å²) in [4.78, 5) is 27.6. The Labute approximate surface area is 288 Å². The second kappa shape index (κ2) is 14.5. The van der Waals surface area contributed by atoms with Gasteiger partial charge in [-0.3, -0.25) is 14.5 Å². The van der Waals surface area contributed by atoms with Gasteiger partial charge in [0.25, 0.3) is 0 Å². The maximum Gasteiger partial charge on any atom is 0.320 e. The molecule has 6 rings (SSSR count). The van der Waals surface area contributed by atoms with Gasteiger partial charge in [-0.25, -0.2) is 0 Å². The summed E-state index contributed by atoms with van der Waals surface area (Å²) in [5, 5.41) is 104. The van der Waals surface area contributed by atoms with Crippen LogP contribution in [0.5, 0.6) is 23.0 Å². The first kappa shape index (κ1) is 36.7. The van der Waals surface area contributed by atoms with E-state index in [0.29, 0.717) is 19.4 Å². The number of phenolic OH excluding ortho intramolecular Hbond substituents is 3. The van der Waals surface area contributed by atoms with Crippen LogP contribution in [0.25, 0.3) is 22.3 Å². The Morgan fingerprint density at radius 2 is 1.57 bits per heavy atom. The normalized spacial score (nSPS) is 33.0. The predicted octanol–water partition coefficient (Wildman–Crippen LogP) is -1.34. The van der Waals surface area contributed by atoms with E-state index in [2.05, 4.69) is 0 Å². The monoisotopic (exact) mass is 721 g/mol. The first-order chi connectivity index (χ1) is 24.2. The number of carboxylic acid groups (broad SMARTS) is 1. The van der Waals surface area contributed by atoms with Crippen LogP contribution in [0.3, 0.4) is 0 Å². The molecule has 18 nitrogen and oxygen atoms in total. The van der Waals surface area contributed by atoms with E-state index in [1.807, 2.05) is 0 Å². The Bertz CT molecular complexity index is 1820. The van der Waals surface area contributed by atoms with Gasteiger partial charge in [0, 0.05) is 12.6 Å². The second-order valence-electron chi connectivity index (χ2n) is 12.8. The van der Waals surface area contributed by atoms with E-state index in [4.69, 9.17) is 23.4 Å². The molecule has 51 heavy (non-hydrogen) atoms. The number of fused-ring (bicyclic) bond motifs is 1. The van der Waals surface area contributed by atoms with Crippen LogP contribution in [0, 0.1) is 0 Å². The second-order valence-corrected chi connectivity index (χ2v) is 12.8. The Morgan fingerprint density at radius 3 is 2.27 bits per heavy atom. The number of aliphatic hydroxyl groups excluding tert-OH is 6. The van der Waals surface area contributed by atoms with Crippen molar-refractivity contribution in [2.75, 3.05) is 13.2 Å². The van der Waals surface area contributed by atoms with Crippen molar-refractivity contribution in [3.63, 3.8) is 0 Å². The largest absolute Gasteiger partial charge is 0.507 e. The molecule has 3 aliphatic rings. The molecular formula is C33H39NO17. The summed E-state index contributed by atoms with van der Waals surface area (Å²) in [6.45, 7) is 0.940. The van der Waals surface area contributed by atoms with Gasteiger partial charge in [-0.05, 0) is 38.4 Å². The Morgan fingerprint density at radius 1 is 0.882 bits per heavy atom. The van der Waals surface area contributed by atoms with E-state index < -0.39 is 120 Å². The van der Waals surface area contributed by atoms with Gasteiger partial charge in [0.1, 0.15) is 71.4 Å². The molecule has 0 spiro atoms. The molecule has 0 unspecified atom stereocenters. The summed E-state index contributed by atoms with van der Waals surface area (Å²) >= 11 is 0. The molecular weight excluding hydrogens is 682 g/mol. The molecule has 3 saturated heterocycles. The fraction of sp³-hybridized carbons (Fsp3) is 0.515. The average molecular weight is 722 g/mol. The standard InChI is InChI=1S/C33H39NO17/c1-12-21(38)24(41)26(43)32(48-12)47-11-19-22(39)25(42)27(44)33(49-19)51-30-23(40)20-18(37)9-17(36)14(10-34-8-4-6-15(34)31(45)46)28(20)50-29(30)13-5-2-3-7-16(13)35/h2-3,5,7,9,12,15,19,21-22,24-27,32-33,35-39,41-44H,4,6,8,10-11H2,1H3,(H,45,46)/t12-,15-,19+,21+,22+,24+,25+,26+,27+,32-,33+/m1/s1. The van der Waals surface area contributed by atoms with Crippen LogP contribution in [0.1, 0.15) is 25.3 Å². The van der Waals surface area contributed by atoms with E-state index in [9.17, 15) is 60.7 Å². The van der Waals surface area contributed by atoms with Crippen molar-refractivity contribution >= 4 is 16.9 Å². The van der Waals surface area contributed by atoms with Crippen molar-refractivity contribution in [1.29, 1.82) is 0 Å². The number of para-hydroxylation sites is 1. The van der Waals surface area contributed by atoms with Crippen molar-refractivity contribution in [3.05, 3.63) is 46.1 Å². The Balaban J connectivity index is 1.38. The minimum absolute atomic E-state index is 0.0416. The molecule has 0 aliphatic carbocycles. The summed E-state index contributed by atoms with van der Waals surface area (Å²) in [6.07, 6.45) is -15.6. The van der Waals surface area contributed by atoms with Crippen molar-refractivity contribution < 1.29 is 79.2 Å². The van der Waals surface area contributed by atoms with Crippen molar-refractivity contribution in [2.45, 2.75) is 93.8 Å². The zero-order chi connectivity index (χ0) is 36.9. The zero-order valence-corrected chi connectivity index (χ0v) is 27.1. The van der Waals surface area contributed by atoms with Crippen LogP contribution >= 0.6 is 0 Å². The Kier molecular flexibility index (Phi) is 10.4. The highest BCUT2D eigenvalue weighted by Crippen LogP contribution is 2.42. The van der Waals surface area contributed by atoms with E-state index in [1.54, 1.807) is 4.90 Å². The lowest BCUT2D eigenvalue weighted by atomic mass is 9.98. The quantitative estimate of drug-likeness (QED) is 0.122. The molecule has 0 saturated carbocycles. The zero-order valence-electron chi connectivity index (χ0n) is 27.1. The van der Waals surface area contributed by atoms with Gasteiger partial charge in [0.05, 0.1) is 23.8 Å². The lowest BCUT2D eigenvalue weighted by molar-refractivity contribution is -0.318. The Hall–Kier alpha value is -4.08. The minimum Gasteiger partial charge on any atom is -0.507 e. The molecule has 278 valence electrons. The fourth-order valence-electron chi connectivity index (χ4n) is 6.58. The first-order valence-corrected chi connectivity index (χ1v) is 16.2. The number of aromatic hydroxyl groups is 3. The summed E-state index contributed by atoms with van der Waals surface area (Å²) in [5.41, 5.74) is -1.58. The maximum absolute atomic E-state index is 14.2. The van der Waals surface area contributed by atoms with Crippen LogP contribution in [-0.4, -0.2) is 143 Å². The van der Waals surface area contributed by atoms with Crippen LogP contribution in [-0.2, 0) is 25.5 Å². The molecule has 0 radical (unpaired) electrons. The average Bonchev–Trinajstić information content (AvgIpc) is 3.57. The first-order valence-electron chi connectivity index (χ1n) is 16.2. The van der Waals surface area contributed by atoms with Gasteiger partial charge >= 0.3 is 5.97 Å². The number of hydrogen-bond acceptors (Lipinski definition) is 17. The molecule has 0 bridgehead atoms. The third-order valence-electron chi connectivity index (χ3n) is 9.48. The third kappa shape index (κ3) is 6.83. The lowest BCUT2D eigenvalue weighted by Gasteiger charge is -2.42. The number of carbonyl (C=O) groups is 1. The molecule has 3 fully saturated rings. The molecule has 18 heteroatoms. The molecule has 3 aliphatic heterocycles. The van der Waals surface area contributed by atoms with Gasteiger partial charge < -0.3 is 74.4 Å². The number of hydrogen-bond donors (Lipinski definition) is 10. The number of benzene rings is 2. The molecule has 11 atom stereocenters. The lowest BCUT2D eigenvalue weighted by Crippen LogP contribution is -2.61. The molecule has 4 heterocycles. The molecule has 2 aromatic carbocycles. The fourth-order valence-corrected chi connectivity index (χ4v) is 6.58. The maximum atomic E-state index is 14.2. The molecule has 10 N–H and O–H groups in total. The number of phenols is 3. The highest BCUT2D eigenvalue weighted by atomic mass is 16.7. The number of rotatable bonds is 9. The van der Waals surface area contributed by atoms with E-state index >= 15 is 0 Å². The summed E-state index contributed by atoms with van der Waals surface area (Å²) in [7, 11) is 0. The highest BCUT2D eigenvalue weighted by Gasteiger charge is 2.48. The number of likely N-dealkylation sites (tertiary alicyclic amines) is 1. The van der Waals surface area contributed by atoms with Gasteiger partial charge in [-0.15, -0.1) is 0 Å². The highest BCUT2D eigenvalue weighted by molar-refractivity contribution is 5.91. The van der Waals surface area contributed by atoms with Gasteiger partial charge in [-0.1, -0.05) is 12.1 Å². The SMILES string of the molecule is C[C@H]1O[C@@H](OC[C@@H]2O[C@@H](Oc3c(-c4ccccc4O)oc4c(CN5CCC[C@@H]5C(=O)O)c(O)cc(O)c4c3=O)[C@@H](O)[C@@H](O)[C@H]2O)[C@@H](O)[C@@H](O)[C@H]1O. The summed E-state index contributed by atoms with van der Waals surface area (Å²) in [6, 6.07) is 5.57. The van der Waals surface area contributed by atoms with E-state index in [-0.39, 0.29) is 23.3 Å². The number of ether oxygens (including phenoxy) is 4. The molecule has 1 aromatic heterocycles. The number of aliphatic carboxylic acids is 1. The predicted molar refractivity (Wildman–Crippen MR) is 170 cm³/mol. The van der Waals surface area contributed by atoms with Crippen LogP contribution in [0.15, 0.2) is 39.5 Å². The third-order valence-corrected chi connectivity index (χ3v) is 9.48. The van der Waals surface area contributed by atoms with Gasteiger partial charge in [0.2, 0.25) is 17.5 Å². The minimum atomic E-state index is -2.01. The van der Waals surface area contributed by atoms with Crippen molar-refractivity contribution in [2.24, 2.45) is 0 Å². The van der Waals surface area contributed by atoms with E-state index in [1.165, 1.54) is 31.2 Å². The van der Waals surface area contributed by atoms with E-state index in [0.717, 1.165) is 6.07 Å². The van der Waals surface area contributed by atoms with Crippen LogP contribution in [0.4, 0.5) is 0 Å². The van der Waals surface area contributed by atoms with Crippen LogP contribution < -0.4 is 10.2 Å². The van der Waals surface area contributed by atoms with Gasteiger partial charge in [-0.2, -0.15) is 0 Å². The van der Waals surface area contributed by atoms with Crippen LogP contribution in [0.2, 0.25) is 0 Å². The number of carboxylic acids is 1. The molecule has 3 aromatic rings. The smallest absolute Gasteiger partial charge is 0.320 e.